The molecule has 2 aromatic carbocycles. The Hall–Kier alpha value is -4.16. The standard InChI is InChI=1S/2C21H29N3O3/c2*1-3-27-20(26)22-13-10-21(2,15-22)23-11-8-17(9-12-23)24-18-7-5-4-6-16(18)14-19(24)25/h2*4-7,17H,3,8-15H2,1-2H3. The van der Waals surface area contributed by atoms with Gasteiger partial charge in [0.05, 0.1) is 26.1 Å². The Kier molecular flexibility index (Phi) is 11.2. The summed E-state index contributed by atoms with van der Waals surface area (Å²) in [6.45, 7) is 15.8. The van der Waals surface area contributed by atoms with Gasteiger partial charge in [-0.3, -0.25) is 19.4 Å². The summed E-state index contributed by atoms with van der Waals surface area (Å²) in [7, 11) is 0. The smallest absolute Gasteiger partial charge is 0.409 e. The Morgan fingerprint density at radius 2 is 0.981 bits per heavy atom. The van der Waals surface area contributed by atoms with Crippen LogP contribution in [0.4, 0.5) is 21.0 Å². The van der Waals surface area contributed by atoms with E-state index in [1.54, 1.807) is 0 Å². The molecule has 0 saturated carbocycles. The Bertz CT molecular complexity index is 1580. The van der Waals surface area contributed by atoms with Gasteiger partial charge in [0.1, 0.15) is 0 Å². The van der Waals surface area contributed by atoms with Crippen molar-refractivity contribution in [2.24, 2.45) is 0 Å². The van der Waals surface area contributed by atoms with Crippen LogP contribution in [0.5, 0.6) is 0 Å². The van der Waals surface area contributed by atoms with E-state index in [1.807, 2.05) is 57.7 Å². The van der Waals surface area contributed by atoms with E-state index in [1.165, 1.54) is 0 Å². The molecule has 12 heteroatoms. The highest BCUT2D eigenvalue weighted by molar-refractivity contribution is 6.02. The molecule has 12 nitrogen and oxygen atoms in total. The van der Waals surface area contributed by atoms with Crippen LogP contribution in [0.15, 0.2) is 48.5 Å². The molecule has 4 saturated heterocycles. The molecule has 4 amide bonds. The number of para-hydroxylation sites is 2. The lowest BCUT2D eigenvalue weighted by molar-refractivity contribution is -0.118. The molecule has 0 bridgehead atoms. The fraction of sp³-hybridized carbons (Fsp3) is 0.619. The molecule has 4 fully saturated rings. The monoisotopic (exact) mass is 742 g/mol. The van der Waals surface area contributed by atoms with Crippen molar-refractivity contribution in [1.82, 2.24) is 19.6 Å². The Balaban J connectivity index is 0.000000167. The third kappa shape index (κ3) is 7.56. The van der Waals surface area contributed by atoms with Crippen molar-refractivity contribution in [2.75, 3.05) is 75.4 Å². The van der Waals surface area contributed by atoms with Crippen LogP contribution in [0.2, 0.25) is 0 Å². The Morgan fingerprint density at radius 1 is 0.611 bits per heavy atom. The van der Waals surface area contributed by atoms with Crippen LogP contribution < -0.4 is 9.80 Å². The molecule has 6 aliphatic rings. The van der Waals surface area contributed by atoms with E-state index in [9.17, 15) is 19.2 Å². The van der Waals surface area contributed by atoms with Crippen LogP contribution in [0, 0.1) is 0 Å². The highest BCUT2D eigenvalue weighted by Gasteiger charge is 2.45. The van der Waals surface area contributed by atoms with Gasteiger partial charge in [0, 0.05) is 86.9 Å². The first kappa shape index (κ1) is 38.1. The second-order valence-electron chi connectivity index (χ2n) is 16.3. The van der Waals surface area contributed by atoms with Gasteiger partial charge in [-0.15, -0.1) is 0 Å². The zero-order chi connectivity index (χ0) is 38.0. The number of piperidine rings is 2. The third-order valence-electron chi connectivity index (χ3n) is 12.9. The number of ether oxygens (including phenoxy) is 2. The lowest BCUT2D eigenvalue weighted by Gasteiger charge is -2.44. The highest BCUT2D eigenvalue weighted by Crippen LogP contribution is 2.38. The van der Waals surface area contributed by atoms with Gasteiger partial charge in [-0.2, -0.15) is 0 Å². The largest absolute Gasteiger partial charge is 0.450 e. The average Bonchev–Trinajstić information content (AvgIpc) is 3.95. The molecular formula is C42H58N6O6. The molecule has 0 aliphatic carbocycles. The van der Waals surface area contributed by atoms with E-state index in [0.29, 0.717) is 26.1 Å². The quantitative estimate of drug-likeness (QED) is 0.392. The molecule has 0 N–H and O–H groups in total. The van der Waals surface area contributed by atoms with E-state index in [0.717, 1.165) is 113 Å². The summed E-state index contributed by atoms with van der Waals surface area (Å²) in [5.74, 6) is 0.463. The van der Waals surface area contributed by atoms with Gasteiger partial charge in [-0.05, 0) is 89.5 Å². The van der Waals surface area contributed by atoms with Crippen LogP contribution in [0.1, 0.15) is 77.3 Å². The van der Waals surface area contributed by atoms with Crippen LogP contribution >= 0.6 is 0 Å². The normalized spacial score (nSPS) is 26.5. The number of carbonyl (C=O) groups is 4. The molecule has 2 aromatic rings. The van der Waals surface area contributed by atoms with Gasteiger partial charge in [-0.25, -0.2) is 9.59 Å². The molecule has 8 rings (SSSR count). The van der Waals surface area contributed by atoms with E-state index in [4.69, 9.17) is 9.47 Å². The van der Waals surface area contributed by atoms with Gasteiger partial charge >= 0.3 is 12.2 Å². The molecule has 6 aliphatic heterocycles. The van der Waals surface area contributed by atoms with Crippen LogP contribution in [0.25, 0.3) is 0 Å². The second kappa shape index (κ2) is 15.9. The summed E-state index contributed by atoms with van der Waals surface area (Å²) >= 11 is 0. The predicted octanol–water partition coefficient (Wildman–Crippen LogP) is 5.32. The van der Waals surface area contributed by atoms with Gasteiger partial charge in [-0.1, -0.05) is 36.4 Å². The first-order chi connectivity index (χ1) is 26.0. The van der Waals surface area contributed by atoms with Gasteiger partial charge in [0.25, 0.3) is 0 Å². The SMILES string of the molecule is CCOC(=O)N1CCC(C)(N2CCC(N3C(=O)Cc4ccccc43)CC2)C1.CCOC(=O)N1CCC(C)(N2CCC(N3C(=O)Cc4ccccc43)CC2)C1. The van der Waals surface area contributed by atoms with E-state index >= 15 is 0 Å². The van der Waals surface area contributed by atoms with Crippen molar-refractivity contribution in [1.29, 1.82) is 0 Å². The van der Waals surface area contributed by atoms with Crippen molar-refractivity contribution in [2.45, 2.75) is 102 Å². The number of likely N-dealkylation sites (tertiary alicyclic amines) is 4. The Morgan fingerprint density at radius 3 is 1.35 bits per heavy atom. The number of nitrogens with zero attached hydrogens (tertiary/aromatic N) is 6. The first-order valence-electron chi connectivity index (χ1n) is 20.2. The minimum Gasteiger partial charge on any atom is -0.450 e. The van der Waals surface area contributed by atoms with Crippen LogP contribution in [0.3, 0.4) is 0 Å². The number of fused-ring (bicyclic) bond motifs is 2. The van der Waals surface area contributed by atoms with Crippen LogP contribution in [-0.4, -0.2) is 132 Å². The van der Waals surface area contributed by atoms with E-state index < -0.39 is 0 Å². The molecule has 0 radical (unpaired) electrons. The van der Waals surface area contributed by atoms with Crippen LogP contribution in [-0.2, 0) is 31.9 Å². The average molecular weight is 743 g/mol. The van der Waals surface area contributed by atoms with E-state index in [-0.39, 0.29) is 47.2 Å². The van der Waals surface area contributed by atoms with Crippen molar-refractivity contribution in [3.8, 4) is 0 Å². The lowest BCUT2D eigenvalue weighted by atomic mass is 9.93. The fourth-order valence-electron chi connectivity index (χ4n) is 9.83. The van der Waals surface area contributed by atoms with Crippen molar-refractivity contribution < 1.29 is 28.7 Å². The summed E-state index contributed by atoms with van der Waals surface area (Å²) in [6.07, 6.45) is 6.54. The molecule has 2 atom stereocenters. The summed E-state index contributed by atoms with van der Waals surface area (Å²) in [6, 6.07) is 16.9. The minimum atomic E-state index is -0.199. The van der Waals surface area contributed by atoms with Crippen molar-refractivity contribution in [3.63, 3.8) is 0 Å². The number of benzene rings is 2. The summed E-state index contributed by atoms with van der Waals surface area (Å²) < 4.78 is 10.3. The maximum absolute atomic E-state index is 12.6. The van der Waals surface area contributed by atoms with Gasteiger partial charge in [0.2, 0.25) is 11.8 Å². The zero-order valence-electron chi connectivity index (χ0n) is 32.6. The molecule has 6 heterocycles. The zero-order valence-corrected chi connectivity index (χ0v) is 32.6. The van der Waals surface area contributed by atoms with Crippen molar-refractivity contribution >= 4 is 35.4 Å². The maximum atomic E-state index is 12.6. The molecule has 0 spiro atoms. The number of hydrogen-bond acceptors (Lipinski definition) is 8. The number of hydrogen-bond donors (Lipinski definition) is 0. The minimum absolute atomic E-state index is 0.00462. The fourth-order valence-corrected chi connectivity index (χ4v) is 9.83. The van der Waals surface area contributed by atoms with Gasteiger partial charge in [0.15, 0.2) is 0 Å². The topological polar surface area (TPSA) is 106 Å². The number of carbonyl (C=O) groups excluding carboxylic acids is 4. The summed E-state index contributed by atoms with van der Waals surface area (Å²) in [5.41, 5.74) is 4.51. The first-order valence-corrected chi connectivity index (χ1v) is 20.2. The maximum Gasteiger partial charge on any atom is 0.409 e. The highest BCUT2D eigenvalue weighted by atomic mass is 16.6. The van der Waals surface area contributed by atoms with Crippen molar-refractivity contribution in [3.05, 3.63) is 59.7 Å². The number of amides is 4. The predicted molar refractivity (Wildman–Crippen MR) is 208 cm³/mol. The molecule has 0 aromatic heterocycles. The lowest BCUT2D eigenvalue weighted by Crippen LogP contribution is -2.55. The number of anilines is 2. The summed E-state index contributed by atoms with van der Waals surface area (Å²) in [5, 5.41) is 0. The molecule has 292 valence electrons. The second-order valence-corrected chi connectivity index (χ2v) is 16.3. The molecular weight excluding hydrogens is 684 g/mol. The van der Waals surface area contributed by atoms with E-state index in [2.05, 4.69) is 47.9 Å². The summed E-state index contributed by atoms with van der Waals surface area (Å²) in [4.78, 5) is 62.0. The number of rotatable bonds is 6. The van der Waals surface area contributed by atoms with Gasteiger partial charge < -0.3 is 29.1 Å². The molecule has 2 unspecified atom stereocenters. The third-order valence-corrected chi connectivity index (χ3v) is 12.9. The molecule has 54 heavy (non-hydrogen) atoms. The Labute approximate surface area is 320 Å².